The van der Waals surface area contributed by atoms with Gasteiger partial charge in [0.2, 0.25) is 5.91 Å². The number of hydrogen-bond acceptors (Lipinski definition) is 3. The Hall–Kier alpha value is -2.11. The third-order valence-corrected chi connectivity index (χ3v) is 4.64. The second-order valence-electron chi connectivity index (χ2n) is 6.50. The number of rotatable bonds is 5. The molecular formula is C18H27N3O3. The lowest BCUT2D eigenvalue weighted by Crippen LogP contribution is -2.41. The molecule has 0 aliphatic heterocycles. The van der Waals surface area contributed by atoms with Crippen molar-refractivity contribution in [3.63, 3.8) is 0 Å². The van der Waals surface area contributed by atoms with Crippen LogP contribution in [0.4, 0.5) is 0 Å². The zero-order valence-corrected chi connectivity index (χ0v) is 14.8. The van der Waals surface area contributed by atoms with Crippen molar-refractivity contribution in [1.82, 2.24) is 14.0 Å². The van der Waals surface area contributed by atoms with Crippen LogP contribution in [0, 0.1) is 0 Å². The molecule has 1 fully saturated rings. The van der Waals surface area contributed by atoms with Crippen molar-refractivity contribution in [2.24, 2.45) is 14.1 Å². The predicted octanol–water partition coefficient (Wildman–Crippen LogP) is 1.67. The molecule has 1 aromatic heterocycles. The number of nitrogens with zero attached hydrogens (tertiary/aromatic N) is 3. The topological polar surface area (TPSA) is 64.3 Å². The minimum atomic E-state index is -0.387. The van der Waals surface area contributed by atoms with E-state index in [9.17, 15) is 14.4 Å². The molecule has 0 spiro atoms. The van der Waals surface area contributed by atoms with Crippen molar-refractivity contribution in [3.8, 4) is 0 Å². The molecule has 6 nitrogen and oxygen atoms in total. The van der Waals surface area contributed by atoms with E-state index in [4.69, 9.17) is 0 Å². The maximum atomic E-state index is 12.6. The lowest BCUT2D eigenvalue weighted by atomic mass is 9.94. The molecule has 0 bridgehead atoms. The van der Waals surface area contributed by atoms with Gasteiger partial charge in [-0.15, -0.1) is 0 Å². The Morgan fingerprint density at radius 3 is 2.54 bits per heavy atom. The summed E-state index contributed by atoms with van der Waals surface area (Å²) in [6, 6.07) is 0.304. The molecule has 0 unspecified atom stereocenters. The first-order valence-corrected chi connectivity index (χ1v) is 8.71. The summed E-state index contributed by atoms with van der Waals surface area (Å²) < 4.78 is 2.39. The number of aromatic nitrogens is 2. The molecule has 2 rings (SSSR count). The molecule has 1 heterocycles. The fraction of sp³-hybridized carbons (Fsp3) is 0.611. The van der Waals surface area contributed by atoms with Gasteiger partial charge in [-0.25, -0.2) is 4.79 Å². The van der Waals surface area contributed by atoms with Gasteiger partial charge in [0.05, 0.1) is 5.56 Å². The van der Waals surface area contributed by atoms with Crippen LogP contribution in [-0.4, -0.2) is 32.5 Å². The van der Waals surface area contributed by atoms with Gasteiger partial charge in [-0.1, -0.05) is 26.2 Å². The van der Waals surface area contributed by atoms with Crippen molar-refractivity contribution in [3.05, 3.63) is 38.7 Å². The van der Waals surface area contributed by atoms with Crippen LogP contribution in [0.1, 0.15) is 51.0 Å². The van der Waals surface area contributed by atoms with Crippen molar-refractivity contribution in [2.75, 3.05) is 6.54 Å². The quantitative estimate of drug-likeness (QED) is 0.770. The van der Waals surface area contributed by atoms with E-state index in [1.54, 1.807) is 7.05 Å². The molecule has 6 heteroatoms. The summed E-state index contributed by atoms with van der Waals surface area (Å²) in [6.07, 6.45) is 11.1. The van der Waals surface area contributed by atoms with Crippen LogP contribution in [0.3, 0.4) is 0 Å². The Kier molecular flexibility index (Phi) is 6.17. The Labute approximate surface area is 142 Å². The highest BCUT2D eigenvalue weighted by molar-refractivity contribution is 5.91. The summed E-state index contributed by atoms with van der Waals surface area (Å²) in [7, 11) is 3.03. The van der Waals surface area contributed by atoms with Crippen molar-refractivity contribution >= 4 is 12.0 Å². The lowest BCUT2D eigenvalue weighted by molar-refractivity contribution is -0.128. The monoisotopic (exact) mass is 333 g/mol. The molecule has 1 aliphatic carbocycles. The SMILES string of the molecule is CCCN(C(=O)/C=C\c1cn(C)c(=O)n(C)c1=O)C1CCCCC1. The van der Waals surface area contributed by atoms with E-state index in [0.717, 1.165) is 30.4 Å². The Morgan fingerprint density at radius 1 is 1.25 bits per heavy atom. The minimum Gasteiger partial charge on any atom is -0.336 e. The third kappa shape index (κ3) is 4.04. The average molecular weight is 333 g/mol. The smallest absolute Gasteiger partial charge is 0.330 e. The molecule has 0 saturated heterocycles. The first-order chi connectivity index (χ1) is 11.5. The molecule has 24 heavy (non-hydrogen) atoms. The van der Waals surface area contributed by atoms with Gasteiger partial charge < -0.3 is 9.47 Å². The van der Waals surface area contributed by atoms with Gasteiger partial charge in [-0.2, -0.15) is 0 Å². The normalized spacial score (nSPS) is 15.8. The number of hydrogen-bond donors (Lipinski definition) is 0. The van der Waals surface area contributed by atoms with Crippen LogP contribution in [0.25, 0.3) is 6.08 Å². The van der Waals surface area contributed by atoms with Crippen LogP contribution < -0.4 is 11.2 Å². The average Bonchev–Trinajstić information content (AvgIpc) is 2.60. The van der Waals surface area contributed by atoms with Crippen LogP contribution in [0.15, 0.2) is 21.9 Å². The number of carbonyl (C=O) groups is 1. The Balaban J connectivity index is 2.21. The number of aryl methyl sites for hydroxylation is 1. The van der Waals surface area contributed by atoms with Gasteiger partial charge in [0.1, 0.15) is 0 Å². The van der Waals surface area contributed by atoms with Crippen molar-refractivity contribution < 1.29 is 4.79 Å². The van der Waals surface area contributed by atoms with Crippen molar-refractivity contribution in [1.29, 1.82) is 0 Å². The fourth-order valence-electron chi connectivity index (χ4n) is 3.31. The summed E-state index contributed by atoms with van der Waals surface area (Å²) in [6.45, 7) is 2.80. The standard InChI is InChI=1S/C18H27N3O3/c1-4-12-21(15-8-6-5-7-9-15)16(22)11-10-14-13-19(2)18(24)20(3)17(14)23/h10-11,13,15H,4-9,12H2,1-3H3/b11-10-. The highest BCUT2D eigenvalue weighted by Crippen LogP contribution is 2.23. The van der Waals surface area contributed by atoms with Crippen LogP contribution >= 0.6 is 0 Å². The summed E-state index contributed by atoms with van der Waals surface area (Å²) in [5.74, 6) is -0.0559. The van der Waals surface area contributed by atoms with E-state index in [0.29, 0.717) is 11.6 Å². The third-order valence-electron chi connectivity index (χ3n) is 4.64. The van der Waals surface area contributed by atoms with Gasteiger partial charge in [0.15, 0.2) is 0 Å². The molecular weight excluding hydrogens is 306 g/mol. The second-order valence-corrected chi connectivity index (χ2v) is 6.50. The van der Waals surface area contributed by atoms with Crippen molar-refractivity contribution in [2.45, 2.75) is 51.5 Å². The highest BCUT2D eigenvalue weighted by atomic mass is 16.2. The van der Waals surface area contributed by atoms with E-state index >= 15 is 0 Å². The molecule has 1 aliphatic rings. The summed E-state index contributed by atoms with van der Waals surface area (Å²) in [5, 5.41) is 0. The lowest BCUT2D eigenvalue weighted by Gasteiger charge is -2.33. The van der Waals surface area contributed by atoms with E-state index in [2.05, 4.69) is 6.92 Å². The highest BCUT2D eigenvalue weighted by Gasteiger charge is 2.23. The first-order valence-electron chi connectivity index (χ1n) is 8.71. The zero-order chi connectivity index (χ0) is 17.7. The van der Waals surface area contributed by atoms with Gasteiger partial charge in [-0.3, -0.25) is 14.2 Å². The molecule has 0 N–H and O–H groups in total. The predicted molar refractivity (Wildman–Crippen MR) is 94.8 cm³/mol. The Bertz CT molecular complexity index is 724. The molecule has 1 aromatic rings. The summed E-state index contributed by atoms with van der Waals surface area (Å²) in [4.78, 5) is 38.4. The largest absolute Gasteiger partial charge is 0.336 e. The maximum Gasteiger partial charge on any atom is 0.330 e. The zero-order valence-electron chi connectivity index (χ0n) is 14.8. The first kappa shape index (κ1) is 18.2. The minimum absolute atomic E-state index is 0.0559. The molecule has 132 valence electrons. The molecule has 0 atom stereocenters. The summed E-state index contributed by atoms with van der Waals surface area (Å²) in [5.41, 5.74) is -0.423. The molecule has 0 aromatic carbocycles. The molecule has 0 radical (unpaired) electrons. The number of amides is 1. The van der Waals surface area contributed by atoms with E-state index in [-0.39, 0.29) is 17.2 Å². The van der Waals surface area contributed by atoms with Gasteiger partial charge in [0, 0.05) is 39.0 Å². The van der Waals surface area contributed by atoms with E-state index in [1.807, 2.05) is 4.90 Å². The fourth-order valence-corrected chi connectivity index (χ4v) is 3.31. The van der Waals surface area contributed by atoms with Gasteiger partial charge in [0.25, 0.3) is 5.56 Å². The number of carbonyl (C=O) groups excluding carboxylic acids is 1. The maximum absolute atomic E-state index is 12.6. The van der Waals surface area contributed by atoms with Gasteiger partial charge in [-0.05, 0) is 25.3 Å². The molecule has 1 saturated carbocycles. The van der Waals surface area contributed by atoms with Crippen LogP contribution in [-0.2, 0) is 18.9 Å². The second kappa shape index (κ2) is 8.13. The van der Waals surface area contributed by atoms with E-state index in [1.165, 1.54) is 49.2 Å². The van der Waals surface area contributed by atoms with Crippen LogP contribution in [0.2, 0.25) is 0 Å². The van der Waals surface area contributed by atoms with Crippen LogP contribution in [0.5, 0.6) is 0 Å². The molecule has 1 amide bonds. The van der Waals surface area contributed by atoms with E-state index < -0.39 is 0 Å². The van der Waals surface area contributed by atoms with Gasteiger partial charge >= 0.3 is 5.69 Å². The Morgan fingerprint density at radius 2 is 1.92 bits per heavy atom. The summed E-state index contributed by atoms with van der Waals surface area (Å²) >= 11 is 0.